The topological polar surface area (TPSA) is 63.9 Å². The Bertz CT molecular complexity index is 1780. The van der Waals surface area contributed by atoms with Gasteiger partial charge in [-0.2, -0.15) is 0 Å². The normalized spacial score (nSPS) is 52.2. The van der Waals surface area contributed by atoms with Crippen LogP contribution < -0.4 is 0 Å². The lowest BCUT2D eigenvalue weighted by Gasteiger charge is -2.63. The van der Waals surface area contributed by atoms with Crippen molar-refractivity contribution in [2.75, 3.05) is 13.1 Å². The Morgan fingerprint density at radius 1 is 0.792 bits per heavy atom. The average molecular weight is 714 g/mol. The van der Waals surface area contributed by atoms with Gasteiger partial charge in [-0.25, -0.2) is 0 Å². The van der Waals surface area contributed by atoms with Crippen LogP contribution in [-0.2, 0) is 0 Å². The van der Waals surface area contributed by atoms with E-state index in [1.807, 2.05) is 0 Å². The van der Waals surface area contributed by atoms with Gasteiger partial charge in [0.1, 0.15) is 0 Å². The lowest BCUT2D eigenvalue weighted by atomic mass is 9.42. The van der Waals surface area contributed by atoms with Gasteiger partial charge >= 0.3 is 0 Å². The maximum atomic E-state index is 12.4. The van der Waals surface area contributed by atoms with Gasteiger partial charge in [-0.1, -0.05) is 85.8 Å². The highest BCUT2D eigenvalue weighted by atomic mass is 16.3. The van der Waals surface area contributed by atoms with Crippen LogP contribution in [0, 0.1) is 75.9 Å². The van der Waals surface area contributed by atoms with Crippen molar-refractivity contribution in [3.63, 3.8) is 0 Å². The average Bonchev–Trinajstić information content (AvgIpc) is 3.73. The number of fused-ring (bicyclic) bond motifs is 7. The van der Waals surface area contributed by atoms with E-state index in [0.717, 1.165) is 64.5 Å². The Labute approximate surface area is 318 Å². The second kappa shape index (κ2) is 12.1. The molecule has 2 heterocycles. The number of rotatable bonds is 2. The van der Waals surface area contributed by atoms with Crippen molar-refractivity contribution in [1.29, 1.82) is 0 Å². The highest BCUT2D eigenvalue weighted by Crippen LogP contribution is 2.75. The molecule has 2 aliphatic heterocycles. The summed E-state index contributed by atoms with van der Waals surface area (Å²) in [4.78, 5) is 2.73. The molecule has 7 fully saturated rings. The maximum Gasteiger partial charge on any atom is 0.0805 e. The van der Waals surface area contributed by atoms with Crippen molar-refractivity contribution in [3.05, 3.63) is 89.5 Å². The summed E-state index contributed by atoms with van der Waals surface area (Å²) in [5, 5.41) is 37.0. The van der Waals surface area contributed by atoms with Crippen molar-refractivity contribution in [3.8, 4) is 0 Å². The van der Waals surface area contributed by atoms with Crippen LogP contribution >= 0.6 is 0 Å². The maximum absolute atomic E-state index is 12.4. The van der Waals surface area contributed by atoms with Gasteiger partial charge in [-0.15, -0.1) is 0 Å². The van der Waals surface area contributed by atoms with E-state index in [-0.39, 0.29) is 29.0 Å². The molecule has 0 radical (unpaired) electrons. The molecule has 9 aliphatic rings. The molecule has 4 heteroatoms. The van der Waals surface area contributed by atoms with Crippen molar-refractivity contribution in [2.45, 2.75) is 114 Å². The summed E-state index contributed by atoms with van der Waals surface area (Å²) in [7, 11) is 0. The van der Waals surface area contributed by atoms with Gasteiger partial charge in [-0.3, -0.25) is 4.90 Å². The van der Waals surface area contributed by atoms with Crippen LogP contribution in [0.4, 0.5) is 0 Å². The molecule has 18 atom stereocenters. The smallest absolute Gasteiger partial charge is 0.0805 e. The summed E-state index contributed by atoms with van der Waals surface area (Å²) in [5.41, 5.74) is 3.58. The summed E-state index contributed by atoms with van der Waals surface area (Å²) >= 11 is 0. The molecular formula is C49H63NO3. The molecule has 7 aliphatic carbocycles. The SMILES string of the molecule is CC1CCC2N(C1)CC1C3C4C=CCC56CC7(CCC(C8C=Cc9ccccc9C8c8ccccc8)C7)C(O)CC5C(O)CC(C3CCC1C2(C)O)C46. The monoisotopic (exact) mass is 713 g/mol. The minimum Gasteiger partial charge on any atom is -0.393 e. The van der Waals surface area contributed by atoms with E-state index in [2.05, 4.69) is 97.6 Å². The Kier molecular flexibility index (Phi) is 7.79. The molecule has 2 aromatic carbocycles. The molecule has 0 amide bonds. The zero-order valence-electron chi connectivity index (χ0n) is 32.1. The molecule has 2 spiro atoms. The van der Waals surface area contributed by atoms with Gasteiger partial charge in [0.15, 0.2) is 0 Å². The molecule has 5 saturated carbocycles. The van der Waals surface area contributed by atoms with Crippen molar-refractivity contribution < 1.29 is 15.3 Å². The standard InChI is InChI=1S/C49H63NO3/c1-29-14-19-42-47(2,53)39-18-17-35-37-23-41(51)40-24-43(52)48(28-49(40)21-8-13-36(46(37)49)45(35)38(39)27-50(42)26-29)22-20-32(25-48)34-16-15-30-9-6-7-12-33(30)44(34)31-10-4-3-5-11-31/h3-13,15-16,29,32,34-46,51-53H,14,17-28H2,1-2H3. The van der Waals surface area contributed by atoms with E-state index >= 15 is 0 Å². The van der Waals surface area contributed by atoms with Gasteiger partial charge in [-0.05, 0) is 170 Å². The van der Waals surface area contributed by atoms with Gasteiger partial charge in [0.05, 0.1) is 17.8 Å². The third kappa shape index (κ3) is 4.80. The quantitative estimate of drug-likeness (QED) is 0.273. The molecular weight excluding hydrogens is 651 g/mol. The Morgan fingerprint density at radius 3 is 2.49 bits per heavy atom. The third-order valence-electron chi connectivity index (χ3n) is 18.7. The number of benzene rings is 2. The fourth-order valence-corrected chi connectivity index (χ4v) is 16.9. The summed E-state index contributed by atoms with van der Waals surface area (Å²) < 4.78 is 0. The summed E-state index contributed by atoms with van der Waals surface area (Å²) in [6.07, 6.45) is 21.5. The van der Waals surface area contributed by atoms with Crippen LogP contribution in [-0.4, -0.2) is 57.2 Å². The van der Waals surface area contributed by atoms with E-state index in [9.17, 15) is 15.3 Å². The van der Waals surface area contributed by atoms with Crippen molar-refractivity contribution in [2.24, 2.45) is 75.9 Å². The van der Waals surface area contributed by atoms with E-state index in [0.29, 0.717) is 71.1 Å². The Morgan fingerprint density at radius 2 is 1.62 bits per heavy atom. The molecule has 4 nitrogen and oxygen atoms in total. The van der Waals surface area contributed by atoms with Crippen LogP contribution in [0.1, 0.15) is 107 Å². The van der Waals surface area contributed by atoms with Crippen LogP contribution in [0.5, 0.6) is 0 Å². The van der Waals surface area contributed by atoms with Crippen molar-refractivity contribution >= 4 is 6.08 Å². The summed E-state index contributed by atoms with van der Waals surface area (Å²) in [6.45, 7) is 6.91. The minimum atomic E-state index is -0.622. The van der Waals surface area contributed by atoms with Gasteiger partial charge in [0.25, 0.3) is 0 Å². The van der Waals surface area contributed by atoms with E-state index in [1.54, 1.807) is 0 Å². The van der Waals surface area contributed by atoms with E-state index < -0.39 is 5.60 Å². The van der Waals surface area contributed by atoms with Crippen molar-refractivity contribution in [1.82, 2.24) is 4.90 Å². The lowest BCUT2D eigenvalue weighted by Crippen LogP contribution is -2.67. The first-order valence-corrected chi connectivity index (χ1v) is 22.0. The van der Waals surface area contributed by atoms with Crippen LogP contribution in [0.2, 0.25) is 0 Å². The first kappa shape index (κ1) is 34.0. The number of aliphatic hydroxyl groups excluding tert-OH is 2. The lowest BCUT2D eigenvalue weighted by molar-refractivity contribution is -0.189. The van der Waals surface area contributed by atoms with Crippen LogP contribution in [0.15, 0.2) is 72.8 Å². The number of nitrogens with zero attached hydrogens (tertiary/aromatic N) is 1. The zero-order valence-corrected chi connectivity index (χ0v) is 32.1. The summed E-state index contributed by atoms with van der Waals surface area (Å²) in [5.74, 6) is 6.06. The van der Waals surface area contributed by atoms with Crippen LogP contribution in [0.3, 0.4) is 0 Å². The molecule has 2 saturated heterocycles. The van der Waals surface area contributed by atoms with E-state index in [4.69, 9.17) is 0 Å². The molecule has 2 aromatic rings. The number of aliphatic hydroxyl groups is 3. The second-order valence-electron chi connectivity index (χ2n) is 20.8. The van der Waals surface area contributed by atoms with Crippen LogP contribution in [0.25, 0.3) is 6.08 Å². The molecule has 0 bridgehead atoms. The number of hydrogen-bond donors (Lipinski definition) is 3. The molecule has 53 heavy (non-hydrogen) atoms. The Hall–Kier alpha value is -2.24. The molecule has 3 N–H and O–H groups in total. The molecule has 0 aromatic heterocycles. The second-order valence-corrected chi connectivity index (χ2v) is 20.8. The molecule has 11 rings (SSSR count). The molecule has 282 valence electrons. The van der Waals surface area contributed by atoms with E-state index in [1.165, 1.54) is 36.0 Å². The number of hydrogen-bond acceptors (Lipinski definition) is 4. The zero-order chi connectivity index (χ0) is 35.9. The predicted octanol–water partition coefficient (Wildman–Crippen LogP) is 8.72. The fraction of sp³-hybridized carbons (Fsp3) is 0.673. The summed E-state index contributed by atoms with van der Waals surface area (Å²) in [6, 6.07) is 20.5. The predicted molar refractivity (Wildman–Crippen MR) is 211 cm³/mol. The third-order valence-corrected chi connectivity index (χ3v) is 18.7. The minimum absolute atomic E-state index is 0.0654. The number of piperidine rings is 2. The Balaban J connectivity index is 0.927. The number of allylic oxidation sites excluding steroid dienone is 3. The first-order chi connectivity index (χ1) is 25.7. The highest BCUT2D eigenvalue weighted by Gasteiger charge is 2.71. The fourth-order valence-electron chi connectivity index (χ4n) is 16.9. The highest BCUT2D eigenvalue weighted by molar-refractivity contribution is 5.60. The first-order valence-electron chi connectivity index (χ1n) is 22.0. The largest absolute Gasteiger partial charge is 0.393 e. The molecule has 18 unspecified atom stereocenters. The van der Waals surface area contributed by atoms with Gasteiger partial charge in [0, 0.05) is 25.0 Å². The van der Waals surface area contributed by atoms with Gasteiger partial charge in [0.2, 0.25) is 0 Å². The van der Waals surface area contributed by atoms with Gasteiger partial charge < -0.3 is 15.3 Å².